The van der Waals surface area contributed by atoms with Gasteiger partial charge in [0.1, 0.15) is 0 Å². The van der Waals surface area contributed by atoms with E-state index in [9.17, 15) is 0 Å². The van der Waals surface area contributed by atoms with Crippen LogP contribution in [-0.2, 0) is 0 Å². The summed E-state index contributed by atoms with van der Waals surface area (Å²) in [6.45, 7) is 3.39. The van der Waals surface area contributed by atoms with E-state index in [1.165, 1.54) is 38.6 Å². The molecule has 0 spiro atoms. The summed E-state index contributed by atoms with van der Waals surface area (Å²) in [7, 11) is 0. The number of rotatable bonds is 0. The average Bonchev–Trinajstić information content (AvgIpc) is 2.05. The summed E-state index contributed by atoms with van der Waals surface area (Å²) in [6, 6.07) is 0. The van der Waals surface area contributed by atoms with Crippen LogP contribution in [0.25, 0.3) is 0 Å². The number of nitrogens with one attached hydrogen (secondary N) is 1. The maximum Gasteiger partial charge on any atom is 0.0477 e. The summed E-state index contributed by atoms with van der Waals surface area (Å²) < 4.78 is 0. The Bertz CT molecular complexity index is 124. The van der Waals surface area contributed by atoms with Crippen molar-refractivity contribution in [1.82, 2.24) is 5.32 Å². The van der Waals surface area contributed by atoms with Crippen LogP contribution in [0.15, 0.2) is 11.1 Å². The van der Waals surface area contributed by atoms with E-state index < -0.39 is 0 Å². The molecule has 0 aromatic rings. The van der Waals surface area contributed by atoms with Crippen LogP contribution in [0.3, 0.4) is 0 Å². The third kappa shape index (κ3) is 1.10. The smallest absolute Gasteiger partial charge is 0.0477 e. The van der Waals surface area contributed by atoms with Gasteiger partial charge in [-0.15, -0.1) is 0 Å². The fraction of sp³-hybridized carbons (Fsp3) is 0.667. The van der Waals surface area contributed by atoms with E-state index in [2.05, 4.69) is 11.9 Å². The molecule has 0 amide bonds. The van der Waals surface area contributed by atoms with E-state index in [-0.39, 0.29) is 0 Å². The van der Waals surface area contributed by atoms with Gasteiger partial charge in [0.2, 0.25) is 0 Å². The first kappa shape index (κ1) is 6.41. The minimum absolute atomic E-state index is 1.17. The summed E-state index contributed by atoms with van der Waals surface area (Å²) in [5, 5.41) is 3.30. The first-order valence-electron chi connectivity index (χ1n) is 4.24. The van der Waals surface area contributed by atoms with Gasteiger partial charge in [0.15, 0.2) is 0 Å². The summed E-state index contributed by atoms with van der Waals surface area (Å²) in [5.41, 5.74) is 3.34. The topological polar surface area (TPSA) is 12.0 Å². The van der Waals surface area contributed by atoms with Crippen LogP contribution in [0.5, 0.6) is 0 Å². The van der Waals surface area contributed by atoms with E-state index in [0.29, 0.717) is 0 Å². The molecule has 0 saturated carbocycles. The van der Waals surface area contributed by atoms with E-state index in [1.807, 2.05) is 0 Å². The molecule has 1 radical (unpaired) electrons. The van der Waals surface area contributed by atoms with Crippen LogP contribution in [0, 0.1) is 6.54 Å². The van der Waals surface area contributed by atoms with Crippen LogP contribution in [0.1, 0.15) is 32.1 Å². The molecule has 10 heavy (non-hydrogen) atoms. The van der Waals surface area contributed by atoms with E-state index in [4.69, 9.17) is 0 Å². The van der Waals surface area contributed by atoms with E-state index >= 15 is 0 Å². The maximum atomic E-state index is 3.30. The Hall–Kier alpha value is -0.300. The first-order valence-corrected chi connectivity index (χ1v) is 4.24. The van der Waals surface area contributed by atoms with Crippen LogP contribution in [-0.4, -0.2) is 6.54 Å². The van der Waals surface area contributed by atoms with Gasteiger partial charge in [-0.1, -0.05) is 11.1 Å². The monoisotopic (exact) mass is 136 g/mol. The molecule has 1 aliphatic heterocycles. The molecule has 2 rings (SSSR count). The lowest BCUT2D eigenvalue weighted by Crippen LogP contribution is -2.21. The quantitative estimate of drug-likeness (QED) is 0.537. The van der Waals surface area contributed by atoms with Gasteiger partial charge in [0, 0.05) is 6.54 Å². The van der Waals surface area contributed by atoms with Gasteiger partial charge in [-0.2, -0.15) is 0 Å². The normalized spacial score (nSPS) is 26.4. The van der Waals surface area contributed by atoms with Crippen LogP contribution in [0.4, 0.5) is 0 Å². The van der Waals surface area contributed by atoms with Crippen molar-refractivity contribution in [3.05, 3.63) is 17.7 Å². The van der Waals surface area contributed by atoms with Gasteiger partial charge in [-0.25, -0.2) is 0 Å². The Morgan fingerprint density at radius 2 is 2.00 bits per heavy atom. The molecule has 2 aliphatic rings. The van der Waals surface area contributed by atoms with Crippen molar-refractivity contribution in [1.29, 1.82) is 0 Å². The minimum atomic E-state index is 1.17. The highest BCUT2D eigenvalue weighted by atomic mass is 14.9. The molecule has 0 aromatic carbocycles. The van der Waals surface area contributed by atoms with Crippen molar-refractivity contribution in [2.75, 3.05) is 6.54 Å². The Morgan fingerprint density at radius 1 is 1.10 bits per heavy atom. The zero-order chi connectivity index (χ0) is 6.81. The molecule has 0 atom stereocenters. The number of hydrogen-bond donors (Lipinski definition) is 1. The first-order chi connectivity index (χ1) is 4.97. The summed E-state index contributed by atoms with van der Waals surface area (Å²) in [6.07, 6.45) is 6.81. The molecular formula is C9H14N. The molecule has 55 valence electrons. The van der Waals surface area contributed by atoms with Crippen molar-refractivity contribution in [2.45, 2.75) is 32.1 Å². The molecule has 0 saturated heterocycles. The molecule has 1 heteroatoms. The van der Waals surface area contributed by atoms with Crippen molar-refractivity contribution in [2.24, 2.45) is 0 Å². The van der Waals surface area contributed by atoms with Gasteiger partial charge in [0.05, 0.1) is 0 Å². The molecule has 1 heterocycles. The minimum Gasteiger partial charge on any atom is -0.308 e. The SMILES string of the molecule is [CH]1NCCC2=C1CCCC2. The van der Waals surface area contributed by atoms with Crippen LogP contribution < -0.4 is 5.32 Å². The molecule has 1 aliphatic carbocycles. The zero-order valence-corrected chi connectivity index (χ0v) is 6.32. The second-order valence-electron chi connectivity index (χ2n) is 3.18. The van der Waals surface area contributed by atoms with Crippen molar-refractivity contribution in [3.63, 3.8) is 0 Å². The zero-order valence-electron chi connectivity index (χ0n) is 6.32. The van der Waals surface area contributed by atoms with E-state index in [1.54, 1.807) is 11.1 Å². The van der Waals surface area contributed by atoms with E-state index in [0.717, 1.165) is 0 Å². The van der Waals surface area contributed by atoms with Crippen LogP contribution in [0.2, 0.25) is 0 Å². The molecule has 0 bridgehead atoms. The summed E-state index contributed by atoms with van der Waals surface area (Å²) in [5.74, 6) is 0. The molecule has 0 aromatic heterocycles. The summed E-state index contributed by atoms with van der Waals surface area (Å²) >= 11 is 0. The van der Waals surface area contributed by atoms with Gasteiger partial charge < -0.3 is 5.32 Å². The standard InChI is InChI=1S/C9H14N/c1-2-4-9-7-10-6-5-8(9)3-1/h7,10H,1-6H2. The lowest BCUT2D eigenvalue weighted by atomic mass is 9.88. The Kier molecular flexibility index (Phi) is 1.76. The van der Waals surface area contributed by atoms with Gasteiger partial charge in [0.25, 0.3) is 0 Å². The van der Waals surface area contributed by atoms with Gasteiger partial charge >= 0.3 is 0 Å². The molecule has 1 nitrogen and oxygen atoms in total. The van der Waals surface area contributed by atoms with Crippen LogP contribution >= 0.6 is 0 Å². The van der Waals surface area contributed by atoms with Crippen molar-refractivity contribution < 1.29 is 0 Å². The van der Waals surface area contributed by atoms with Gasteiger partial charge in [-0.3, -0.25) is 0 Å². The fourth-order valence-corrected chi connectivity index (χ4v) is 1.87. The van der Waals surface area contributed by atoms with Gasteiger partial charge in [-0.05, 0) is 38.6 Å². The Morgan fingerprint density at radius 3 is 2.90 bits per heavy atom. The molecule has 1 N–H and O–H groups in total. The lowest BCUT2D eigenvalue weighted by molar-refractivity contribution is 0.598. The molecule has 0 unspecified atom stereocenters. The highest BCUT2D eigenvalue weighted by Gasteiger charge is 2.15. The predicted octanol–water partition coefficient (Wildman–Crippen LogP) is 2.01. The highest BCUT2D eigenvalue weighted by Crippen LogP contribution is 2.29. The summed E-state index contributed by atoms with van der Waals surface area (Å²) in [4.78, 5) is 0. The second kappa shape index (κ2) is 2.75. The predicted molar refractivity (Wildman–Crippen MR) is 42.4 cm³/mol. The Balaban J connectivity index is 2.14. The van der Waals surface area contributed by atoms with Crippen molar-refractivity contribution in [3.8, 4) is 0 Å². The Labute approximate surface area is 62.5 Å². The molecular weight excluding hydrogens is 122 g/mol. The molecule has 0 fully saturated rings. The highest BCUT2D eigenvalue weighted by molar-refractivity contribution is 5.26. The third-order valence-corrected chi connectivity index (χ3v) is 2.48. The largest absolute Gasteiger partial charge is 0.308 e. The maximum absolute atomic E-state index is 3.30. The fourth-order valence-electron chi connectivity index (χ4n) is 1.87. The third-order valence-electron chi connectivity index (χ3n) is 2.48. The average molecular weight is 136 g/mol. The second-order valence-corrected chi connectivity index (χ2v) is 3.18. The van der Waals surface area contributed by atoms with Crippen molar-refractivity contribution >= 4 is 0 Å². The lowest BCUT2D eigenvalue weighted by Gasteiger charge is -2.24. The number of hydrogen-bond acceptors (Lipinski definition) is 1.